The van der Waals surface area contributed by atoms with E-state index in [4.69, 9.17) is 42.6 Å². The van der Waals surface area contributed by atoms with Crippen LogP contribution in [0.3, 0.4) is 0 Å². The van der Waals surface area contributed by atoms with Gasteiger partial charge >= 0.3 is 35.8 Å². The number of nitrogens with zero attached hydrogens (tertiary/aromatic N) is 2. The summed E-state index contributed by atoms with van der Waals surface area (Å²) in [6, 6.07) is 23.9. The van der Waals surface area contributed by atoms with Gasteiger partial charge in [-0.15, -0.1) is 0 Å². The molecule has 5 rings (SSSR count). The largest absolute Gasteiger partial charge is 0.490 e. The Morgan fingerprint density at radius 1 is 0.672 bits per heavy atom. The van der Waals surface area contributed by atoms with Crippen molar-refractivity contribution in [3.05, 3.63) is 146 Å². The molecular formula is C48H45N3O15S. The van der Waals surface area contributed by atoms with Gasteiger partial charge in [0.2, 0.25) is 11.9 Å². The van der Waals surface area contributed by atoms with Gasteiger partial charge in [-0.2, -0.15) is 5.10 Å². The maximum absolute atomic E-state index is 13.5. The first-order valence-corrected chi connectivity index (χ1v) is 21.2. The quantitative estimate of drug-likeness (QED) is 0.00804. The molecular weight excluding hydrogens is 891 g/mol. The molecule has 0 saturated carbocycles. The number of esters is 6. The van der Waals surface area contributed by atoms with E-state index in [1.54, 1.807) is 0 Å². The summed E-state index contributed by atoms with van der Waals surface area (Å²) in [7, 11) is 0. The van der Waals surface area contributed by atoms with E-state index in [-0.39, 0.29) is 74.4 Å². The van der Waals surface area contributed by atoms with Gasteiger partial charge in [0.05, 0.1) is 47.2 Å². The molecule has 18 nitrogen and oxygen atoms in total. The molecule has 0 aliphatic heterocycles. The standard InChI is InChI=1S/C48H45N3O15S/c1-4-42(52)59-25-10-9-24-58-29-38(64-45(55)23-26-60-43(53)5-2)30-61-35-17-13-33(14-18-35)47(57)66-40-22-21-37(27-34(40)28-49-51-48-50-39-11-7-8-12-41(39)67-48)65-46(56)32-15-19-36(20-16-32)62-31-63-44(54)6-3/h4-8,11-22,27-28,38H,1-3,9-10,23-26,29-31H2,(H,50,51). The lowest BCUT2D eigenvalue weighted by Gasteiger charge is -2.19. The number of aromatic nitrogens is 1. The Hall–Kier alpha value is -8.16. The molecule has 67 heavy (non-hydrogen) atoms. The van der Waals surface area contributed by atoms with Gasteiger partial charge in [0.15, 0.2) is 6.10 Å². The second-order valence-corrected chi connectivity index (χ2v) is 14.5. The number of carbonyl (C=O) groups is 6. The fraction of sp³-hybridized carbons (Fsp3) is 0.208. The van der Waals surface area contributed by atoms with E-state index in [0.29, 0.717) is 29.5 Å². The van der Waals surface area contributed by atoms with Gasteiger partial charge in [-0.25, -0.2) is 29.0 Å². The summed E-state index contributed by atoms with van der Waals surface area (Å²) in [6.07, 6.45) is 4.46. The maximum Gasteiger partial charge on any atom is 0.343 e. The third-order valence-corrected chi connectivity index (χ3v) is 9.62. The Labute approximate surface area is 388 Å². The van der Waals surface area contributed by atoms with E-state index in [1.165, 1.54) is 84.3 Å². The third-order valence-electron chi connectivity index (χ3n) is 8.67. The molecule has 0 saturated heterocycles. The number of rotatable bonds is 27. The molecule has 0 bridgehead atoms. The van der Waals surface area contributed by atoms with Crippen LogP contribution < -0.4 is 24.4 Å². The summed E-state index contributed by atoms with van der Waals surface area (Å²) < 4.78 is 49.4. The van der Waals surface area contributed by atoms with Crippen LogP contribution in [0.4, 0.5) is 5.13 Å². The molecule has 0 radical (unpaired) electrons. The van der Waals surface area contributed by atoms with Crippen LogP contribution in [0, 0.1) is 0 Å². The van der Waals surface area contributed by atoms with Crippen molar-refractivity contribution in [3.63, 3.8) is 0 Å². The summed E-state index contributed by atoms with van der Waals surface area (Å²) in [5, 5.41) is 4.81. The summed E-state index contributed by atoms with van der Waals surface area (Å²) in [5.74, 6) is -3.07. The lowest BCUT2D eigenvalue weighted by Crippen LogP contribution is -2.30. The number of hydrogen-bond acceptors (Lipinski definition) is 19. The second-order valence-electron chi connectivity index (χ2n) is 13.5. The topological polar surface area (TPSA) is 223 Å². The van der Waals surface area contributed by atoms with E-state index in [9.17, 15) is 28.8 Å². The van der Waals surface area contributed by atoms with E-state index >= 15 is 0 Å². The van der Waals surface area contributed by atoms with Crippen LogP contribution in [-0.2, 0) is 42.9 Å². The highest BCUT2D eigenvalue weighted by atomic mass is 32.1. The predicted molar refractivity (Wildman–Crippen MR) is 244 cm³/mol. The molecule has 1 heterocycles. The second kappa shape index (κ2) is 26.6. The van der Waals surface area contributed by atoms with Gasteiger partial charge < -0.3 is 42.6 Å². The Kier molecular flexibility index (Phi) is 19.8. The molecule has 1 aromatic heterocycles. The molecule has 1 N–H and O–H groups in total. The first-order valence-electron chi connectivity index (χ1n) is 20.4. The minimum absolute atomic E-state index is 0.0324. The van der Waals surface area contributed by atoms with E-state index in [2.05, 4.69) is 35.2 Å². The number of anilines is 1. The molecule has 19 heteroatoms. The minimum atomic E-state index is -0.862. The van der Waals surface area contributed by atoms with Crippen molar-refractivity contribution in [1.29, 1.82) is 0 Å². The van der Waals surface area contributed by atoms with Crippen LogP contribution in [0.2, 0.25) is 0 Å². The van der Waals surface area contributed by atoms with Crippen molar-refractivity contribution < 1.29 is 71.4 Å². The smallest absolute Gasteiger partial charge is 0.343 e. The number of hydrazone groups is 1. The van der Waals surface area contributed by atoms with Crippen LogP contribution in [0.25, 0.3) is 10.2 Å². The SMILES string of the molecule is C=CC(=O)OCCCCOCC(COc1ccc(C(=O)Oc2ccc(OC(=O)c3ccc(OCOC(=O)C=C)cc3)cc2C=NNc2nc3ccccc3s2)cc1)OC(=O)CCOC(=O)C=C. The van der Waals surface area contributed by atoms with Crippen LogP contribution >= 0.6 is 11.3 Å². The Morgan fingerprint density at radius 3 is 1.97 bits per heavy atom. The highest BCUT2D eigenvalue weighted by Gasteiger charge is 2.19. The summed E-state index contributed by atoms with van der Waals surface area (Å²) in [5.41, 5.74) is 4.28. The van der Waals surface area contributed by atoms with Crippen molar-refractivity contribution in [2.75, 3.05) is 45.3 Å². The molecule has 0 aliphatic carbocycles. The van der Waals surface area contributed by atoms with Gasteiger partial charge in [-0.05, 0) is 91.7 Å². The van der Waals surface area contributed by atoms with Crippen LogP contribution in [0.5, 0.6) is 23.0 Å². The lowest BCUT2D eigenvalue weighted by molar-refractivity contribution is -0.156. The lowest BCUT2D eigenvalue weighted by atomic mass is 10.2. The molecule has 4 aromatic carbocycles. The van der Waals surface area contributed by atoms with E-state index < -0.39 is 41.9 Å². The Balaban J connectivity index is 1.22. The number of hydrogen-bond donors (Lipinski definition) is 1. The number of ether oxygens (including phenoxy) is 9. The van der Waals surface area contributed by atoms with Crippen LogP contribution in [0.15, 0.2) is 134 Å². The Morgan fingerprint density at radius 2 is 1.28 bits per heavy atom. The first-order chi connectivity index (χ1) is 32.5. The zero-order valence-electron chi connectivity index (χ0n) is 36.0. The van der Waals surface area contributed by atoms with Crippen molar-refractivity contribution in [1.82, 2.24) is 4.98 Å². The van der Waals surface area contributed by atoms with Gasteiger partial charge in [0, 0.05) is 30.4 Å². The minimum Gasteiger partial charge on any atom is -0.490 e. The van der Waals surface area contributed by atoms with E-state index in [0.717, 1.165) is 28.4 Å². The molecule has 348 valence electrons. The van der Waals surface area contributed by atoms with Crippen molar-refractivity contribution in [2.24, 2.45) is 5.10 Å². The average molecular weight is 936 g/mol. The monoisotopic (exact) mass is 935 g/mol. The normalized spacial score (nSPS) is 11.1. The molecule has 1 unspecified atom stereocenters. The zero-order valence-corrected chi connectivity index (χ0v) is 36.8. The predicted octanol–water partition coefficient (Wildman–Crippen LogP) is 7.18. The molecule has 5 aromatic rings. The van der Waals surface area contributed by atoms with Crippen LogP contribution in [-0.4, -0.2) is 92.9 Å². The number of fused-ring (bicyclic) bond motifs is 1. The zero-order chi connectivity index (χ0) is 47.8. The van der Waals surface area contributed by atoms with Gasteiger partial charge in [0.25, 0.3) is 0 Å². The molecule has 0 aliphatic rings. The fourth-order valence-corrected chi connectivity index (χ4v) is 6.19. The molecule has 1 atom stereocenters. The van der Waals surface area contributed by atoms with Crippen molar-refractivity contribution in [2.45, 2.75) is 25.4 Å². The first kappa shape index (κ1) is 49.8. The number of benzene rings is 4. The number of para-hydroxylation sites is 1. The Bertz CT molecular complexity index is 2520. The van der Waals surface area contributed by atoms with Crippen LogP contribution in [0.1, 0.15) is 45.5 Å². The van der Waals surface area contributed by atoms with Gasteiger partial charge in [0.1, 0.15) is 36.2 Å². The van der Waals surface area contributed by atoms with E-state index in [1.807, 2.05) is 24.3 Å². The summed E-state index contributed by atoms with van der Waals surface area (Å²) >= 11 is 1.39. The number of carbonyl (C=O) groups excluding carboxylic acids is 6. The third kappa shape index (κ3) is 17.1. The number of unbranched alkanes of at least 4 members (excludes halogenated alkanes) is 1. The average Bonchev–Trinajstić information content (AvgIpc) is 3.76. The van der Waals surface area contributed by atoms with Crippen molar-refractivity contribution in [3.8, 4) is 23.0 Å². The fourth-order valence-electron chi connectivity index (χ4n) is 5.37. The molecule has 0 amide bonds. The highest BCUT2D eigenvalue weighted by Crippen LogP contribution is 2.28. The molecule has 0 spiro atoms. The highest BCUT2D eigenvalue weighted by molar-refractivity contribution is 7.22. The van der Waals surface area contributed by atoms with Gasteiger partial charge in [-0.1, -0.05) is 43.2 Å². The summed E-state index contributed by atoms with van der Waals surface area (Å²) in [6.45, 7) is 9.74. The number of nitrogens with one attached hydrogen (secondary N) is 1. The van der Waals surface area contributed by atoms with Crippen molar-refractivity contribution >= 4 is 68.7 Å². The number of thiazole rings is 1. The van der Waals surface area contributed by atoms with Gasteiger partial charge in [-0.3, -0.25) is 10.2 Å². The molecule has 0 fully saturated rings. The maximum atomic E-state index is 13.5. The summed E-state index contributed by atoms with van der Waals surface area (Å²) in [4.78, 5) is 77.4.